The summed E-state index contributed by atoms with van der Waals surface area (Å²) < 4.78 is 0. The molecular formula is C11H13NO3S. The lowest BCUT2D eigenvalue weighted by atomic mass is 10.2. The second-order valence-electron chi connectivity index (χ2n) is 3.30. The van der Waals surface area contributed by atoms with Crippen LogP contribution >= 0.6 is 11.3 Å². The molecule has 2 N–H and O–H groups in total. The summed E-state index contributed by atoms with van der Waals surface area (Å²) >= 11 is 1.23. The Morgan fingerprint density at radius 3 is 2.75 bits per heavy atom. The van der Waals surface area contributed by atoms with Gasteiger partial charge in [-0.15, -0.1) is 11.3 Å². The summed E-state index contributed by atoms with van der Waals surface area (Å²) in [6, 6.07) is 1.64. The molecule has 0 fully saturated rings. The zero-order valence-electron chi connectivity index (χ0n) is 9.11. The van der Waals surface area contributed by atoms with Gasteiger partial charge in [-0.1, -0.05) is 6.08 Å². The predicted molar refractivity (Wildman–Crippen MR) is 63.7 cm³/mol. The van der Waals surface area contributed by atoms with Gasteiger partial charge in [0.1, 0.15) is 4.88 Å². The van der Waals surface area contributed by atoms with E-state index in [1.165, 1.54) is 18.3 Å². The molecule has 0 spiro atoms. The first-order chi connectivity index (χ1) is 7.50. The molecule has 0 atom stereocenters. The molecule has 0 aromatic carbocycles. The van der Waals surface area contributed by atoms with Crippen LogP contribution in [-0.2, 0) is 4.79 Å². The van der Waals surface area contributed by atoms with E-state index in [1.807, 2.05) is 13.0 Å². The molecule has 1 amide bonds. The highest BCUT2D eigenvalue weighted by Gasteiger charge is 2.08. The van der Waals surface area contributed by atoms with E-state index in [0.717, 1.165) is 10.4 Å². The molecule has 0 radical (unpaired) electrons. The lowest BCUT2D eigenvalue weighted by Crippen LogP contribution is -2.19. The van der Waals surface area contributed by atoms with Gasteiger partial charge < -0.3 is 10.4 Å². The Morgan fingerprint density at radius 2 is 2.25 bits per heavy atom. The van der Waals surface area contributed by atoms with Gasteiger partial charge in [0.25, 0.3) is 0 Å². The highest BCUT2D eigenvalue weighted by atomic mass is 32.1. The third-order valence-corrected chi connectivity index (χ3v) is 3.10. The molecule has 0 aliphatic carbocycles. The van der Waals surface area contributed by atoms with Gasteiger partial charge in [-0.3, -0.25) is 4.79 Å². The molecule has 1 heterocycles. The van der Waals surface area contributed by atoms with Gasteiger partial charge in [0.05, 0.1) is 0 Å². The molecule has 5 heteroatoms. The third-order valence-electron chi connectivity index (χ3n) is 1.91. The zero-order chi connectivity index (χ0) is 12.1. The number of hydrogen-bond acceptors (Lipinski definition) is 3. The number of aromatic carboxylic acids is 1. The smallest absolute Gasteiger partial charge is 0.345 e. The van der Waals surface area contributed by atoms with Gasteiger partial charge in [-0.2, -0.15) is 0 Å². The van der Waals surface area contributed by atoms with Crippen molar-refractivity contribution >= 4 is 29.3 Å². The van der Waals surface area contributed by atoms with Gasteiger partial charge in [-0.05, 0) is 24.6 Å². The van der Waals surface area contributed by atoms with Crippen LogP contribution in [0.4, 0.5) is 0 Å². The minimum absolute atomic E-state index is 0.0845. The molecule has 0 saturated carbocycles. The number of carbonyl (C=O) groups is 2. The second-order valence-corrected chi connectivity index (χ2v) is 4.39. The zero-order valence-corrected chi connectivity index (χ0v) is 9.93. The van der Waals surface area contributed by atoms with Gasteiger partial charge in [0.15, 0.2) is 0 Å². The number of amides is 1. The van der Waals surface area contributed by atoms with E-state index in [2.05, 4.69) is 5.32 Å². The molecule has 1 aromatic heterocycles. The van der Waals surface area contributed by atoms with Crippen molar-refractivity contribution in [3.8, 4) is 0 Å². The molecule has 1 aromatic rings. The highest BCUT2D eigenvalue weighted by molar-refractivity contribution is 7.15. The number of rotatable bonds is 4. The fourth-order valence-corrected chi connectivity index (χ4v) is 2.08. The van der Waals surface area contributed by atoms with Crippen molar-refractivity contribution in [2.45, 2.75) is 13.8 Å². The maximum Gasteiger partial charge on any atom is 0.345 e. The van der Waals surface area contributed by atoms with Crippen molar-refractivity contribution in [1.29, 1.82) is 0 Å². The molecule has 0 aliphatic rings. The van der Waals surface area contributed by atoms with Crippen LogP contribution in [-0.4, -0.2) is 23.5 Å². The van der Waals surface area contributed by atoms with Crippen LogP contribution in [0.3, 0.4) is 0 Å². The topological polar surface area (TPSA) is 66.4 Å². The van der Waals surface area contributed by atoms with Gasteiger partial charge in [0.2, 0.25) is 5.91 Å². The van der Waals surface area contributed by atoms with Gasteiger partial charge >= 0.3 is 5.97 Å². The Bertz CT molecular complexity index is 434. The van der Waals surface area contributed by atoms with Crippen LogP contribution < -0.4 is 5.32 Å². The number of hydrogen-bond donors (Lipinski definition) is 2. The van der Waals surface area contributed by atoms with Crippen molar-refractivity contribution in [3.05, 3.63) is 27.5 Å². The quantitative estimate of drug-likeness (QED) is 0.843. The van der Waals surface area contributed by atoms with E-state index in [1.54, 1.807) is 12.1 Å². The lowest BCUT2D eigenvalue weighted by molar-refractivity contribution is -0.118. The summed E-state index contributed by atoms with van der Waals surface area (Å²) in [6.07, 6.45) is 3.62. The van der Waals surface area contributed by atoms with Crippen LogP contribution in [0, 0.1) is 6.92 Å². The summed E-state index contributed by atoms with van der Waals surface area (Å²) in [4.78, 5) is 22.5. The van der Waals surface area contributed by atoms with E-state index < -0.39 is 5.97 Å². The normalized spacial score (nSPS) is 10.6. The molecule has 0 bridgehead atoms. The average Bonchev–Trinajstić information content (AvgIpc) is 2.55. The summed E-state index contributed by atoms with van der Waals surface area (Å²) in [6.45, 7) is 3.77. The monoisotopic (exact) mass is 239 g/mol. The number of carboxylic acid groups (broad SMARTS) is 1. The molecule has 86 valence electrons. The first-order valence-corrected chi connectivity index (χ1v) is 5.57. The summed E-state index contributed by atoms with van der Waals surface area (Å²) in [5.41, 5.74) is 0.932. The average molecular weight is 239 g/mol. The van der Waals surface area contributed by atoms with Crippen LogP contribution in [0.15, 0.2) is 12.1 Å². The van der Waals surface area contributed by atoms with Crippen molar-refractivity contribution < 1.29 is 14.7 Å². The van der Waals surface area contributed by atoms with Crippen LogP contribution in [0.2, 0.25) is 0 Å². The van der Waals surface area contributed by atoms with Crippen molar-refractivity contribution in [2.24, 2.45) is 0 Å². The Hall–Kier alpha value is -1.62. The fourth-order valence-electron chi connectivity index (χ4n) is 1.14. The first kappa shape index (κ1) is 12.4. The van der Waals surface area contributed by atoms with E-state index in [4.69, 9.17) is 5.11 Å². The van der Waals surface area contributed by atoms with Crippen LogP contribution in [0.25, 0.3) is 6.08 Å². The SMILES string of the molecule is CC(=O)NCC=Cc1sc(C(=O)O)cc1C. The van der Waals surface area contributed by atoms with Crippen molar-refractivity contribution in [1.82, 2.24) is 5.32 Å². The fraction of sp³-hybridized carbons (Fsp3) is 0.273. The molecule has 0 aliphatic heterocycles. The standard InChI is InChI=1S/C11H13NO3S/c1-7-6-10(11(14)15)16-9(7)4-3-5-12-8(2)13/h3-4,6H,5H2,1-2H3,(H,12,13)(H,14,15). The Balaban J connectivity index is 2.66. The van der Waals surface area contributed by atoms with E-state index in [0.29, 0.717) is 11.4 Å². The third kappa shape index (κ3) is 3.51. The number of nitrogens with one attached hydrogen (secondary N) is 1. The minimum atomic E-state index is -0.908. The molecular weight excluding hydrogens is 226 g/mol. The van der Waals surface area contributed by atoms with E-state index >= 15 is 0 Å². The number of carbonyl (C=O) groups excluding carboxylic acids is 1. The predicted octanol–water partition coefficient (Wildman–Crippen LogP) is 1.90. The Labute approximate surface area is 97.6 Å². The second kappa shape index (κ2) is 5.46. The van der Waals surface area contributed by atoms with Gasteiger partial charge in [0, 0.05) is 18.3 Å². The number of thiophene rings is 1. The maximum atomic E-state index is 10.7. The van der Waals surface area contributed by atoms with E-state index in [-0.39, 0.29) is 5.91 Å². The molecule has 16 heavy (non-hydrogen) atoms. The van der Waals surface area contributed by atoms with Crippen LogP contribution in [0.5, 0.6) is 0 Å². The van der Waals surface area contributed by atoms with Crippen LogP contribution in [0.1, 0.15) is 27.0 Å². The van der Waals surface area contributed by atoms with E-state index in [9.17, 15) is 9.59 Å². The summed E-state index contributed by atoms with van der Waals surface area (Å²) in [5, 5.41) is 11.4. The number of aryl methyl sites for hydroxylation is 1. The first-order valence-electron chi connectivity index (χ1n) is 4.75. The molecule has 0 saturated heterocycles. The minimum Gasteiger partial charge on any atom is -0.477 e. The van der Waals surface area contributed by atoms with Crippen molar-refractivity contribution in [2.75, 3.05) is 6.54 Å². The maximum absolute atomic E-state index is 10.7. The van der Waals surface area contributed by atoms with Crippen molar-refractivity contribution in [3.63, 3.8) is 0 Å². The highest BCUT2D eigenvalue weighted by Crippen LogP contribution is 2.22. The summed E-state index contributed by atoms with van der Waals surface area (Å²) in [7, 11) is 0. The molecule has 1 rings (SSSR count). The summed E-state index contributed by atoms with van der Waals surface area (Å²) in [5.74, 6) is -0.992. The Kier molecular flexibility index (Phi) is 4.25. The largest absolute Gasteiger partial charge is 0.477 e. The molecule has 0 unspecified atom stereocenters. The Morgan fingerprint density at radius 1 is 1.56 bits per heavy atom. The lowest BCUT2D eigenvalue weighted by Gasteiger charge is -1.94. The molecule has 4 nitrogen and oxygen atoms in total. The van der Waals surface area contributed by atoms with Gasteiger partial charge in [-0.25, -0.2) is 4.79 Å². The number of carboxylic acids is 1.